The molecule has 0 radical (unpaired) electrons. The predicted octanol–water partition coefficient (Wildman–Crippen LogP) is 5.40. The van der Waals surface area contributed by atoms with E-state index in [1.54, 1.807) is 24.3 Å². The summed E-state index contributed by atoms with van der Waals surface area (Å²) in [5, 5.41) is 14.2. The lowest BCUT2D eigenvalue weighted by atomic mass is 10.0. The van der Waals surface area contributed by atoms with Gasteiger partial charge in [0.2, 0.25) is 0 Å². The topological polar surface area (TPSA) is 88.8 Å². The largest absolute Gasteiger partial charge is 0.491 e. The molecule has 4 rings (SSSR count). The summed E-state index contributed by atoms with van der Waals surface area (Å²) in [4.78, 5) is 24.5. The van der Waals surface area contributed by atoms with Crippen molar-refractivity contribution in [2.45, 2.75) is 0 Å². The monoisotopic (exact) mass is 429 g/mol. The third-order valence-electron chi connectivity index (χ3n) is 4.42. The van der Waals surface area contributed by atoms with E-state index in [2.05, 4.69) is 5.32 Å². The van der Waals surface area contributed by atoms with Crippen LogP contribution in [0.25, 0.3) is 22.1 Å². The standard InChI is InChI=1S/C21H13F2NO5S/c1-28-18-13(22)7-6-11(17(18)23)12-9-30-20(16(12)21(26)27)24-19(25)15-8-10-4-2-3-5-14(10)29-15/h2-9H,1H3,(H,24,25)(H,26,27). The Morgan fingerprint density at radius 1 is 1.13 bits per heavy atom. The van der Waals surface area contributed by atoms with Gasteiger partial charge in [0, 0.05) is 21.9 Å². The van der Waals surface area contributed by atoms with Crippen LogP contribution in [-0.4, -0.2) is 24.1 Å². The van der Waals surface area contributed by atoms with Crippen LogP contribution < -0.4 is 10.1 Å². The van der Waals surface area contributed by atoms with E-state index in [-0.39, 0.29) is 27.5 Å². The fourth-order valence-corrected chi connectivity index (χ4v) is 3.99. The van der Waals surface area contributed by atoms with Crippen LogP contribution in [0.4, 0.5) is 13.8 Å². The van der Waals surface area contributed by atoms with Crippen molar-refractivity contribution in [3.8, 4) is 16.9 Å². The molecule has 2 N–H and O–H groups in total. The average molecular weight is 429 g/mol. The van der Waals surface area contributed by atoms with E-state index >= 15 is 0 Å². The molecule has 0 spiro atoms. The van der Waals surface area contributed by atoms with Crippen LogP contribution in [0.1, 0.15) is 20.9 Å². The number of carboxylic acid groups (broad SMARTS) is 1. The molecule has 1 amide bonds. The van der Waals surface area contributed by atoms with Crippen molar-refractivity contribution < 1.29 is 32.6 Å². The Morgan fingerprint density at radius 2 is 1.90 bits per heavy atom. The normalized spacial score (nSPS) is 10.9. The molecule has 0 saturated heterocycles. The summed E-state index contributed by atoms with van der Waals surface area (Å²) in [5.41, 5.74) is 0.0137. The molecule has 0 aliphatic heterocycles. The Kier molecular flexibility index (Phi) is 4.96. The Labute approximate surface area is 172 Å². The van der Waals surface area contributed by atoms with Gasteiger partial charge < -0.3 is 19.6 Å². The SMILES string of the molecule is COc1c(F)ccc(-c2csc(NC(=O)c3cc4ccccc4o3)c2C(=O)O)c1F. The maximum atomic E-state index is 14.7. The zero-order chi connectivity index (χ0) is 21.4. The first-order valence-electron chi connectivity index (χ1n) is 8.57. The van der Waals surface area contributed by atoms with E-state index in [9.17, 15) is 23.5 Å². The smallest absolute Gasteiger partial charge is 0.339 e. The summed E-state index contributed by atoms with van der Waals surface area (Å²) >= 11 is 0.900. The molecule has 152 valence electrons. The molecule has 0 unspecified atom stereocenters. The molecule has 30 heavy (non-hydrogen) atoms. The minimum Gasteiger partial charge on any atom is -0.491 e. The number of thiophene rings is 1. The van der Waals surface area contributed by atoms with E-state index in [1.807, 2.05) is 0 Å². The van der Waals surface area contributed by atoms with Crippen molar-refractivity contribution in [1.82, 2.24) is 0 Å². The van der Waals surface area contributed by atoms with Crippen molar-refractivity contribution in [1.29, 1.82) is 0 Å². The van der Waals surface area contributed by atoms with Crippen molar-refractivity contribution in [2.24, 2.45) is 0 Å². The number of ether oxygens (including phenoxy) is 1. The second-order valence-electron chi connectivity index (χ2n) is 6.20. The molecule has 9 heteroatoms. The number of carbonyl (C=O) groups excluding carboxylic acids is 1. The molecule has 0 fully saturated rings. The molecule has 0 atom stereocenters. The molecule has 6 nitrogen and oxygen atoms in total. The first-order chi connectivity index (χ1) is 14.4. The maximum absolute atomic E-state index is 14.7. The number of hydrogen-bond acceptors (Lipinski definition) is 5. The van der Waals surface area contributed by atoms with Gasteiger partial charge in [0.15, 0.2) is 23.1 Å². The van der Waals surface area contributed by atoms with E-state index in [1.165, 1.54) is 11.4 Å². The highest BCUT2D eigenvalue weighted by Gasteiger charge is 2.26. The van der Waals surface area contributed by atoms with Gasteiger partial charge in [-0.3, -0.25) is 4.79 Å². The molecular weight excluding hydrogens is 416 g/mol. The van der Waals surface area contributed by atoms with Gasteiger partial charge in [-0.2, -0.15) is 0 Å². The Morgan fingerprint density at radius 3 is 2.60 bits per heavy atom. The number of aromatic carboxylic acids is 1. The molecule has 2 aromatic carbocycles. The molecule has 0 bridgehead atoms. The van der Waals surface area contributed by atoms with Crippen molar-refractivity contribution >= 4 is 39.2 Å². The van der Waals surface area contributed by atoms with Gasteiger partial charge in [0.05, 0.1) is 7.11 Å². The van der Waals surface area contributed by atoms with E-state index in [0.717, 1.165) is 30.6 Å². The van der Waals surface area contributed by atoms with Crippen molar-refractivity contribution in [3.05, 3.63) is 70.8 Å². The highest BCUT2D eigenvalue weighted by molar-refractivity contribution is 7.15. The van der Waals surface area contributed by atoms with Gasteiger partial charge in [-0.05, 0) is 24.3 Å². The van der Waals surface area contributed by atoms with Crippen LogP contribution in [0.15, 0.2) is 52.3 Å². The number of para-hydroxylation sites is 1. The average Bonchev–Trinajstić information content (AvgIpc) is 3.32. The number of amides is 1. The van der Waals surface area contributed by atoms with E-state index in [4.69, 9.17) is 9.15 Å². The number of anilines is 1. The lowest BCUT2D eigenvalue weighted by Crippen LogP contribution is -2.12. The number of methoxy groups -OCH3 is 1. The second kappa shape index (κ2) is 7.60. The number of carboxylic acids is 1. The number of halogens is 2. The van der Waals surface area contributed by atoms with Gasteiger partial charge >= 0.3 is 5.97 Å². The summed E-state index contributed by atoms with van der Waals surface area (Å²) in [7, 11) is 1.11. The molecule has 0 saturated carbocycles. The number of furan rings is 1. The fourth-order valence-electron chi connectivity index (χ4n) is 3.05. The lowest BCUT2D eigenvalue weighted by Gasteiger charge is -2.09. The van der Waals surface area contributed by atoms with E-state index < -0.39 is 29.3 Å². The van der Waals surface area contributed by atoms with Crippen LogP contribution in [0.3, 0.4) is 0 Å². The quantitative estimate of drug-likeness (QED) is 0.444. The summed E-state index contributed by atoms with van der Waals surface area (Å²) in [5.74, 6) is -4.61. The number of carbonyl (C=O) groups is 2. The molecular formula is C21H13F2NO5S. The Balaban J connectivity index is 1.73. The molecule has 2 heterocycles. The summed E-state index contributed by atoms with van der Waals surface area (Å²) in [6, 6.07) is 10.6. The van der Waals surface area contributed by atoms with Gasteiger partial charge in [-0.15, -0.1) is 11.3 Å². The summed E-state index contributed by atoms with van der Waals surface area (Å²) in [6.07, 6.45) is 0. The third-order valence-corrected chi connectivity index (χ3v) is 5.32. The maximum Gasteiger partial charge on any atom is 0.339 e. The number of nitrogens with one attached hydrogen (secondary N) is 1. The van der Waals surface area contributed by atoms with Gasteiger partial charge in [-0.25, -0.2) is 13.6 Å². The van der Waals surface area contributed by atoms with Gasteiger partial charge in [0.1, 0.15) is 16.1 Å². The zero-order valence-electron chi connectivity index (χ0n) is 15.4. The van der Waals surface area contributed by atoms with Crippen LogP contribution in [0.5, 0.6) is 5.75 Å². The van der Waals surface area contributed by atoms with Gasteiger partial charge in [-0.1, -0.05) is 18.2 Å². The van der Waals surface area contributed by atoms with Crippen LogP contribution in [-0.2, 0) is 0 Å². The van der Waals surface area contributed by atoms with Crippen LogP contribution in [0.2, 0.25) is 0 Å². The summed E-state index contributed by atoms with van der Waals surface area (Å²) < 4.78 is 38.6. The van der Waals surface area contributed by atoms with Crippen LogP contribution >= 0.6 is 11.3 Å². The molecule has 2 aromatic heterocycles. The second-order valence-corrected chi connectivity index (χ2v) is 7.08. The lowest BCUT2D eigenvalue weighted by molar-refractivity contribution is 0.0699. The minimum absolute atomic E-state index is 0.00267. The van der Waals surface area contributed by atoms with Crippen LogP contribution in [0, 0.1) is 11.6 Å². The van der Waals surface area contributed by atoms with Gasteiger partial charge in [0.25, 0.3) is 5.91 Å². The third kappa shape index (κ3) is 3.29. The highest BCUT2D eigenvalue weighted by atomic mass is 32.1. The fraction of sp³-hybridized carbons (Fsp3) is 0.0476. The first kappa shape index (κ1) is 19.6. The Hall–Kier alpha value is -3.72. The first-order valence-corrected chi connectivity index (χ1v) is 9.45. The Bertz CT molecular complexity index is 1260. The summed E-state index contributed by atoms with van der Waals surface area (Å²) in [6.45, 7) is 0. The molecule has 0 aliphatic rings. The predicted molar refractivity (Wildman–Crippen MR) is 107 cm³/mol. The number of benzene rings is 2. The molecule has 0 aliphatic carbocycles. The number of hydrogen-bond donors (Lipinski definition) is 2. The number of rotatable bonds is 5. The number of fused-ring (bicyclic) bond motifs is 1. The minimum atomic E-state index is -1.38. The highest BCUT2D eigenvalue weighted by Crippen LogP contribution is 2.39. The van der Waals surface area contributed by atoms with E-state index in [0.29, 0.717) is 11.0 Å². The molecule has 4 aromatic rings. The van der Waals surface area contributed by atoms with Crippen molar-refractivity contribution in [2.75, 3.05) is 12.4 Å². The zero-order valence-corrected chi connectivity index (χ0v) is 16.2. The van der Waals surface area contributed by atoms with Crippen molar-refractivity contribution in [3.63, 3.8) is 0 Å².